The van der Waals surface area contributed by atoms with E-state index < -0.39 is 11.6 Å². The molecule has 1 atom stereocenters. The first kappa shape index (κ1) is 22.0. The number of nitrogen functional groups attached to an aromatic ring is 1. The number of rotatable bonds is 5. The van der Waals surface area contributed by atoms with Crippen LogP contribution in [0.25, 0.3) is 11.1 Å². The van der Waals surface area contributed by atoms with Gasteiger partial charge in [0.1, 0.15) is 18.2 Å². The summed E-state index contributed by atoms with van der Waals surface area (Å²) in [6, 6.07) is 10.6. The molecule has 0 aliphatic carbocycles. The third kappa shape index (κ3) is 4.37. The van der Waals surface area contributed by atoms with Crippen molar-refractivity contribution in [2.75, 3.05) is 12.3 Å². The number of nitrogens with zero attached hydrogens (tertiary/aromatic N) is 2. The Labute approximate surface area is 188 Å². The summed E-state index contributed by atoms with van der Waals surface area (Å²) in [4.78, 5) is 18.6. The smallest absolute Gasteiger partial charge is 0.255 e. The molecule has 4 N–H and O–H groups in total. The second-order valence-corrected chi connectivity index (χ2v) is 7.88. The first-order chi connectivity index (χ1) is 15.3. The largest absolute Gasteiger partial charge is 0.485 e. The number of ether oxygens (including phenoxy) is 1. The Bertz CT molecular complexity index is 1170. The van der Waals surface area contributed by atoms with Gasteiger partial charge in [-0.2, -0.15) is 0 Å². The number of carbonyl (C=O) groups excluding carboxylic acids is 1. The molecule has 1 unspecified atom stereocenters. The van der Waals surface area contributed by atoms with E-state index >= 15 is 0 Å². The van der Waals surface area contributed by atoms with Crippen LogP contribution >= 0.6 is 11.6 Å². The van der Waals surface area contributed by atoms with Crippen molar-refractivity contribution in [3.8, 4) is 16.9 Å². The lowest BCUT2D eigenvalue weighted by Crippen LogP contribution is -2.40. The minimum Gasteiger partial charge on any atom is -0.485 e. The van der Waals surface area contributed by atoms with Crippen LogP contribution in [0.1, 0.15) is 28.8 Å². The van der Waals surface area contributed by atoms with Gasteiger partial charge >= 0.3 is 0 Å². The Kier molecular flexibility index (Phi) is 6.25. The molecule has 0 saturated carbocycles. The van der Waals surface area contributed by atoms with E-state index in [1.807, 2.05) is 6.07 Å². The Morgan fingerprint density at radius 3 is 2.72 bits per heavy atom. The van der Waals surface area contributed by atoms with Gasteiger partial charge in [0.25, 0.3) is 5.91 Å². The predicted molar refractivity (Wildman–Crippen MR) is 118 cm³/mol. The second-order valence-electron chi connectivity index (χ2n) is 7.51. The van der Waals surface area contributed by atoms with Crippen molar-refractivity contribution in [3.63, 3.8) is 0 Å². The van der Waals surface area contributed by atoms with Crippen molar-refractivity contribution in [3.05, 3.63) is 76.4 Å². The van der Waals surface area contributed by atoms with Gasteiger partial charge in [-0.05, 0) is 48.7 Å². The van der Waals surface area contributed by atoms with Gasteiger partial charge in [0.15, 0.2) is 11.6 Å². The molecule has 166 valence electrons. The lowest BCUT2D eigenvalue weighted by atomic mass is 10.0. The molecule has 1 aliphatic heterocycles. The zero-order valence-electron chi connectivity index (χ0n) is 17.0. The fraction of sp³-hybridized carbons (Fsp3) is 0.217. The highest BCUT2D eigenvalue weighted by Crippen LogP contribution is 2.30. The van der Waals surface area contributed by atoms with Crippen molar-refractivity contribution in [2.45, 2.75) is 25.6 Å². The number of pyridine rings is 1. The average molecular weight is 459 g/mol. The molecule has 0 bridgehead atoms. The average Bonchev–Trinajstić information content (AvgIpc) is 3.23. The van der Waals surface area contributed by atoms with Gasteiger partial charge < -0.3 is 21.1 Å². The van der Waals surface area contributed by atoms with Gasteiger partial charge in [-0.15, -0.1) is 0 Å². The molecule has 1 aromatic heterocycles. The summed E-state index contributed by atoms with van der Waals surface area (Å²) in [5.41, 5.74) is 13.7. The Balaban J connectivity index is 1.58. The number of carbonyl (C=O) groups is 1. The fourth-order valence-electron chi connectivity index (χ4n) is 3.62. The first-order valence-electron chi connectivity index (χ1n) is 10.0. The summed E-state index contributed by atoms with van der Waals surface area (Å²) in [6.07, 6.45) is 2.93. The molecule has 1 saturated heterocycles. The van der Waals surface area contributed by atoms with Gasteiger partial charge in [0.2, 0.25) is 0 Å². The highest BCUT2D eigenvalue weighted by Gasteiger charge is 2.26. The highest BCUT2D eigenvalue weighted by molar-refractivity contribution is 6.31. The number of hydrogen-bond donors (Lipinski definition) is 2. The number of amides is 1. The molecule has 1 aliphatic rings. The number of aromatic nitrogens is 1. The molecule has 32 heavy (non-hydrogen) atoms. The summed E-state index contributed by atoms with van der Waals surface area (Å²) in [5.74, 6) is -1.30. The van der Waals surface area contributed by atoms with Crippen LogP contribution in [-0.4, -0.2) is 28.5 Å². The minimum absolute atomic E-state index is 0.0805. The lowest BCUT2D eigenvalue weighted by Gasteiger charge is -2.21. The number of nitrogens with two attached hydrogens (primary N) is 2. The topological polar surface area (TPSA) is 94.5 Å². The molecule has 4 rings (SSSR count). The van der Waals surface area contributed by atoms with Gasteiger partial charge in [-0.25, -0.2) is 13.8 Å². The van der Waals surface area contributed by atoms with E-state index in [0.717, 1.165) is 30.5 Å². The maximum absolute atomic E-state index is 14.0. The van der Waals surface area contributed by atoms with E-state index in [0.29, 0.717) is 17.7 Å². The molecule has 9 heteroatoms. The fourth-order valence-corrected chi connectivity index (χ4v) is 3.83. The van der Waals surface area contributed by atoms with Crippen LogP contribution in [0, 0.1) is 11.6 Å². The van der Waals surface area contributed by atoms with E-state index in [4.69, 9.17) is 27.8 Å². The Morgan fingerprint density at radius 1 is 1.19 bits per heavy atom. The quantitative estimate of drug-likeness (QED) is 0.554. The Morgan fingerprint density at radius 2 is 1.97 bits per heavy atom. The number of anilines is 1. The molecule has 6 nitrogen and oxygen atoms in total. The van der Waals surface area contributed by atoms with Crippen LogP contribution in [-0.2, 0) is 6.61 Å². The standard InChI is InChI=1S/C23H21ClF2N4O2/c24-21-16(17(25)6-7-18(21)26)12-32-19-10-15(11-29-22(19)28)13-3-1-4-14(9-13)23(31)30-8-2-5-20(30)27/h1,3-4,6-7,9-11,20H,2,5,8,12,27H2,(H2,28,29). The van der Waals surface area contributed by atoms with Crippen LogP contribution in [0.3, 0.4) is 0 Å². The molecular formula is C23H21ClF2N4O2. The van der Waals surface area contributed by atoms with Gasteiger partial charge in [-0.1, -0.05) is 23.7 Å². The van der Waals surface area contributed by atoms with Crippen LogP contribution in [0.5, 0.6) is 5.75 Å². The number of halogens is 3. The van der Waals surface area contributed by atoms with E-state index in [2.05, 4.69) is 4.98 Å². The summed E-state index contributed by atoms with van der Waals surface area (Å²) in [6.45, 7) is 0.300. The third-order valence-corrected chi connectivity index (χ3v) is 5.80. The van der Waals surface area contributed by atoms with E-state index in [1.54, 1.807) is 35.4 Å². The summed E-state index contributed by atoms with van der Waals surface area (Å²) < 4.78 is 33.3. The van der Waals surface area contributed by atoms with E-state index in [9.17, 15) is 13.6 Å². The second kappa shape index (κ2) is 9.10. The third-order valence-electron chi connectivity index (χ3n) is 5.40. The number of benzene rings is 2. The van der Waals surface area contributed by atoms with Gasteiger partial charge in [0.05, 0.1) is 11.2 Å². The van der Waals surface area contributed by atoms with E-state index in [-0.39, 0.29) is 40.8 Å². The molecular weight excluding hydrogens is 438 g/mol. The Hall–Kier alpha value is -3.23. The van der Waals surface area contributed by atoms with Crippen LogP contribution < -0.4 is 16.2 Å². The molecule has 0 radical (unpaired) electrons. The summed E-state index contributed by atoms with van der Waals surface area (Å²) in [7, 11) is 0. The van der Waals surface area contributed by atoms with Crippen LogP contribution in [0.4, 0.5) is 14.6 Å². The van der Waals surface area contributed by atoms with E-state index in [1.165, 1.54) is 0 Å². The molecule has 2 heterocycles. The minimum atomic E-state index is -0.745. The molecule has 2 aromatic carbocycles. The summed E-state index contributed by atoms with van der Waals surface area (Å²) >= 11 is 5.86. The van der Waals surface area contributed by atoms with Crippen molar-refractivity contribution in [1.82, 2.24) is 9.88 Å². The maximum atomic E-state index is 14.0. The molecule has 3 aromatic rings. The van der Waals surface area contributed by atoms with Gasteiger partial charge in [-0.3, -0.25) is 4.79 Å². The highest BCUT2D eigenvalue weighted by atomic mass is 35.5. The van der Waals surface area contributed by atoms with Crippen molar-refractivity contribution in [1.29, 1.82) is 0 Å². The predicted octanol–water partition coefficient (Wildman–Crippen LogP) is 4.36. The van der Waals surface area contributed by atoms with Crippen molar-refractivity contribution in [2.24, 2.45) is 5.73 Å². The zero-order chi connectivity index (χ0) is 22.8. The molecule has 1 fully saturated rings. The number of hydrogen-bond acceptors (Lipinski definition) is 5. The first-order valence-corrected chi connectivity index (χ1v) is 10.4. The number of likely N-dealkylation sites (tertiary alicyclic amines) is 1. The summed E-state index contributed by atoms with van der Waals surface area (Å²) in [5, 5.41) is -0.348. The van der Waals surface area contributed by atoms with Gasteiger partial charge in [0, 0.05) is 29.4 Å². The van der Waals surface area contributed by atoms with Crippen LogP contribution in [0.2, 0.25) is 5.02 Å². The van der Waals surface area contributed by atoms with Crippen LogP contribution in [0.15, 0.2) is 48.7 Å². The normalized spacial score (nSPS) is 15.8. The maximum Gasteiger partial charge on any atom is 0.255 e. The zero-order valence-corrected chi connectivity index (χ0v) is 17.8. The van der Waals surface area contributed by atoms with Crippen molar-refractivity contribution >= 4 is 23.3 Å². The van der Waals surface area contributed by atoms with Crippen molar-refractivity contribution < 1.29 is 18.3 Å². The lowest BCUT2D eigenvalue weighted by molar-refractivity contribution is 0.0740. The SMILES string of the molecule is Nc1ncc(-c2cccc(C(=O)N3CCCC3N)c2)cc1OCc1c(F)ccc(F)c1Cl. The monoisotopic (exact) mass is 458 g/mol. The molecule has 1 amide bonds. The molecule has 0 spiro atoms.